The smallest absolute Gasteiger partial charge is 0.223 e. The molecule has 0 aromatic heterocycles. The molecule has 2 aliphatic rings. The molecule has 16 heavy (non-hydrogen) atoms. The summed E-state index contributed by atoms with van der Waals surface area (Å²) in [6, 6.07) is 0.173. The highest BCUT2D eigenvalue weighted by molar-refractivity contribution is 5.82. The van der Waals surface area contributed by atoms with E-state index in [1.54, 1.807) is 0 Å². The summed E-state index contributed by atoms with van der Waals surface area (Å²) in [5.74, 6) is 0.772. The summed E-state index contributed by atoms with van der Waals surface area (Å²) >= 11 is 0. The standard InChI is InChI=1S/C11H18N2O3/c1-7-4-9(7)11(15)12-3-2-10(14)13-8-5-16-6-8/h7-9H,2-6H2,1H3,(H,12,15)(H,13,14). The van der Waals surface area contributed by atoms with Gasteiger partial charge in [-0.2, -0.15) is 0 Å². The van der Waals surface area contributed by atoms with E-state index in [0.29, 0.717) is 32.1 Å². The summed E-state index contributed by atoms with van der Waals surface area (Å²) in [4.78, 5) is 22.8. The molecular weight excluding hydrogens is 208 g/mol. The molecule has 2 N–H and O–H groups in total. The number of nitrogens with one attached hydrogen (secondary N) is 2. The van der Waals surface area contributed by atoms with Gasteiger partial charge in [-0.25, -0.2) is 0 Å². The molecule has 5 heteroatoms. The van der Waals surface area contributed by atoms with Gasteiger partial charge in [0, 0.05) is 18.9 Å². The normalized spacial score (nSPS) is 28.1. The minimum absolute atomic E-state index is 0.0163. The van der Waals surface area contributed by atoms with Crippen molar-refractivity contribution in [3.8, 4) is 0 Å². The Labute approximate surface area is 94.9 Å². The van der Waals surface area contributed by atoms with Gasteiger partial charge in [0.05, 0.1) is 19.3 Å². The van der Waals surface area contributed by atoms with Gasteiger partial charge in [0.25, 0.3) is 0 Å². The van der Waals surface area contributed by atoms with Crippen LogP contribution in [0.4, 0.5) is 0 Å². The van der Waals surface area contributed by atoms with E-state index in [1.807, 2.05) is 0 Å². The second-order valence-electron chi connectivity index (χ2n) is 4.66. The zero-order chi connectivity index (χ0) is 11.5. The summed E-state index contributed by atoms with van der Waals surface area (Å²) in [5, 5.41) is 5.61. The Morgan fingerprint density at radius 3 is 2.56 bits per heavy atom. The van der Waals surface area contributed by atoms with E-state index in [1.165, 1.54) is 0 Å². The maximum Gasteiger partial charge on any atom is 0.223 e. The van der Waals surface area contributed by atoms with Gasteiger partial charge < -0.3 is 15.4 Å². The average molecular weight is 226 g/mol. The van der Waals surface area contributed by atoms with Crippen LogP contribution in [-0.4, -0.2) is 37.6 Å². The second-order valence-corrected chi connectivity index (χ2v) is 4.66. The van der Waals surface area contributed by atoms with Crippen LogP contribution in [0.3, 0.4) is 0 Å². The molecule has 1 saturated carbocycles. The lowest BCUT2D eigenvalue weighted by molar-refractivity contribution is -0.125. The fourth-order valence-electron chi connectivity index (χ4n) is 1.74. The maximum atomic E-state index is 11.4. The van der Waals surface area contributed by atoms with Crippen molar-refractivity contribution in [1.82, 2.24) is 10.6 Å². The molecule has 5 nitrogen and oxygen atoms in total. The van der Waals surface area contributed by atoms with Crippen LogP contribution in [0.2, 0.25) is 0 Å². The van der Waals surface area contributed by atoms with Crippen LogP contribution in [-0.2, 0) is 14.3 Å². The van der Waals surface area contributed by atoms with Crippen molar-refractivity contribution in [2.75, 3.05) is 19.8 Å². The minimum Gasteiger partial charge on any atom is -0.377 e. The van der Waals surface area contributed by atoms with Gasteiger partial charge in [0.2, 0.25) is 11.8 Å². The first-order valence-corrected chi connectivity index (χ1v) is 5.81. The van der Waals surface area contributed by atoms with Crippen molar-refractivity contribution in [3.05, 3.63) is 0 Å². The Bertz CT molecular complexity index is 289. The van der Waals surface area contributed by atoms with Crippen molar-refractivity contribution < 1.29 is 14.3 Å². The van der Waals surface area contributed by atoms with Crippen LogP contribution in [0.15, 0.2) is 0 Å². The quantitative estimate of drug-likeness (QED) is 0.674. The third-order valence-corrected chi connectivity index (χ3v) is 3.10. The topological polar surface area (TPSA) is 67.4 Å². The van der Waals surface area contributed by atoms with Crippen molar-refractivity contribution in [3.63, 3.8) is 0 Å². The molecule has 90 valence electrons. The van der Waals surface area contributed by atoms with E-state index in [2.05, 4.69) is 17.6 Å². The zero-order valence-corrected chi connectivity index (χ0v) is 9.49. The van der Waals surface area contributed by atoms with Crippen LogP contribution < -0.4 is 10.6 Å². The molecule has 2 unspecified atom stereocenters. The first kappa shape index (κ1) is 11.4. The highest BCUT2D eigenvalue weighted by atomic mass is 16.5. The number of carbonyl (C=O) groups excluding carboxylic acids is 2. The number of amides is 2. The van der Waals surface area contributed by atoms with Crippen LogP contribution in [0.5, 0.6) is 0 Å². The Kier molecular flexibility index (Phi) is 3.43. The molecule has 0 aromatic carbocycles. The Balaban J connectivity index is 1.53. The summed E-state index contributed by atoms with van der Waals surface area (Å²) in [7, 11) is 0. The average Bonchev–Trinajstić information content (AvgIpc) is 2.89. The lowest BCUT2D eigenvalue weighted by atomic mass is 10.2. The second kappa shape index (κ2) is 4.82. The molecule has 0 bridgehead atoms. The minimum atomic E-state index is -0.0163. The van der Waals surface area contributed by atoms with E-state index in [9.17, 15) is 9.59 Å². The SMILES string of the molecule is CC1CC1C(=O)NCCC(=O)NC1COC1. The Morgan fingerprint density at radius 2 is 2.06 bits per heavy atom. The molecule has 1 aliphatic carbocycles. The predicted molar refractivity (Wildman–Crippen MR) is 57.6 cm³/mol. The predicted octanol–water partition coefficient (Wildman–Crippen LogP) is -0.336. The number of carbonyl (C=O) groups is 2. The highest BCUT2D eigenvalue weighted by Gasteiger charge is 2.38. The van der Waals surface area contributed by atoms with E-state index >= 15 is 0 Å². The van der Waals surface area contributed by atoms with E-state index < -0.39 is 0 Å². The molecule has 1 aliphatic heterocycles. The molecule has 1 heterocycles. The molecule has 2 atom stereocenters. The van der Waals surface area contributed by atoms with Crippen molar-refractivity contribution in [2.24, 2.45) is 11.8 Å². The number of hydrogen-bond acceptors (Lipinski definition) is 3. The first-order chi connectivity index (χ1) is 7.66. The molecule has 2 fully saturated rings. The van der Waals surface area contributed by atoms with Gasteiger partial charge in [-0.1, -0.05) is 6.92 Å². The molecule has 0 radical (unpaired) electrons. The summed E-state index contributed by atoms with van der Waals surface area (Å²) < 4.78 is 4.95. The highest BCUT2D eigenvalue weighted by Crippen LogP contribution is 2.37. The lowest BCUT2D eigenvalue weighted by Gasteiger charge is -2.26. The van der Waals surface area contributed by atoms with E-state index in [-0.39, 0.29) is 23.8 Å². The number of hydrogen-bond donors (Lipinski definition) is 2. The van der Waals surface area contributed by atoms with Crippen molar-refractivity contribution in [2.45, 2.75) is 25.8 Å². The Morgan fingerprint density at radius 1 is 1.38 bits per heavy atom. The number of ether oxygens (including phenoxy) is 1. The number of rotatable bonds is 5. The van der Waals surface area contributed by atoms with Crippen LogP contribution in [0, 0.1) is 11.8 Å². The fourth-order valence-corrected chi connectivity index (χ4v) is 1.74. The fraction of sp³-hybridized carbons (Fsp3) is 0.818. The molecule has 0 aromatic rings. The third-order valence-electron chi connectivity index (χ3n) is 3.10. The van der Waals surface area contributed by atoms with Gasteiger partial charge in [-0.05, 0) is 12.3 Å². The van der Waals surface area contributed by atoms with Gasteiger partial charge in [0.15, 0.2) is 0 Å². The van der Waals surface area contributed by atoms with Gasteiger partial charge in [-0.3, -0.25) is 9.59 Å². The molecule has 0 spiro atoms. The summed E-state index contributed by atoms with van der Waals surface area (Å²) in [5.41, 5.74) is 0. The lowest BCUT2D eigenvalue weighted by Crippen LogP contribution is -2.49. The summed E-state index contributed by atoms with van der Waals surface area (Å²) in [6.07, 6.45) is 1.33. The van der Waals surface area contributed by atoms with Crippen LogP contribution >= 0.6 is 0 Å². The molecule has 2 amide bonds. The van der Waals surface area contributed by atoms with Gasteiger partial charge >= 0.3 is 0 Å². The first-order valence-electron chi connectivity index (χ1n) is 5.81. The van der Waals surface area contributed by atoms with Gasteiger partial charge in [0.1, 0.15) is 0 Å². The molecular formula is C11H18N2O3. The van der Waals surface area contributed by atoms with E-state index in [4.69, 9.17) is 4.74 Å². The van der Waals surface area contributed by atoms with Crippen LogP contribution in [0.1, 0.15) is 19.8 Å². The third kappa shape index (κ3) is 2.95. The monoisotopic (exact) mass is 226 g/mol. The maximum absolute atomic E-state index is 11.4. The van der Waals surface area contributed by atoms with Crippen molar-refractivity contribution in [1.29, 1.82) is 0 Å². The zero-order valence-electron chi connectivity index (χ0n) is 9.49. The van der Waals surface area contributed by atoms with Crippen molar-refractivity contribution >= 4 is 11.8 Å². The summed E-state index contributed by atoms with van der Waals surface area (Å²) in [6.45, 7) is 3.71. The van der Waals surface area contributed by atoms with Gasteiger partial charge in [-0.15, -0.1) is 0 Å². The molecule has 1 saturated heterocycles. The van der Waals surface area contributed by atoms with Crippen LogP contribution in [0.25, 0.3) is 0 Å². The molecule has 2 rings (SSSR count). The van der Waals surface area contributed by atoms with E-state index in [0.717, 1.165) is 6.42 Å². The largest absolute Gasteiger partial charge is 0.377 e. The Hall–Kier alpha value is -1.10.